The predicted octanol–water partition coefficient (Wildman–Crippen LogP) is -0.0945. The highest BCUT2D eigenvalue weighted by molar-refractivity contribution is 4.80. The molecule has 2 N–H and O–H groups in total. The molecule has 0 aliphatic carbocycles. The van der Waals surface area contributed by atoms with Crippen LogP contribution in [0.5, 0.6) is 0 Å². The highest BCUT2D eigenvalue weighted by Gasteiger charge is 2.31. The summed E-state index contributed by atoms with van der Waals surface area (Å²) in [6.45, 7) is 3.66. The van der Waals surface area contributed by atoms with Gasteiger partial charge in [0.15, 0.2) is 0 Å². The summed E-state index contributed by atoms with van der Waals surface area (Å²) < 4.78 is 5.26. The Morgan fingerprint density at radius 2 is 1.90 bits per heavy atom. The predicted molar refractivity (Wildman–Crippen MR) is 36.6 cm³/mol. The second kappa shape index (κ2) is 2.86. The number of hydrogen-bond acceptors (Lipinski definition) is 3. The van der Waals surface area contributed by atoms with E-state index in [9.17, 15) is 10.2 Å². The quantitative estimate of drug-likeness (QED) is 0.502. The first-order chi connectivity index (χ1) is 4.61. The molecule has 0 saturated carbocycles. The van der Waals surface area contributed by atoms with E-state index in [4.69, 9.17) is 4.74 Å². The van der Waals surface area contributed by atoms with Crippen LogP contribution in [0.25, 0.3) is 0 Å². The Hall–Kier alpha value is -0.120. The van der Waals surface area contributed by atoms with Gasteiger partial charge in [-0.1, -0.05) is 0 Å². The van der Waals surface area contributed by atoms with Crippen LogP contribution in [-0.4, -0.2) is 34.6 Å². The molecular weight excluding hydrogens is 132 g/mol. The molecule has 0 amide bonds. The molecule has 0 aromatic carbocycles. The second-order valence-corrected chi connectivity index (χ2v) is 2.95. The van der Waals surface area contributed by atoms with Gasteiger partial charge < -0.3 is 14.9 Å². The van der Waals surface area contributed by atoms with Gasteiger partial charge in [0.2, 0.25) is 0 Å². The minimum absolute atomic E-state index is 0.0633. The lowest BCUT2D eigenvalue weighted by molar-refractivity contribution is -0.156. The van der Waals surface area contributed by atoms with E-state index in [-0.39, 0.29) is 12.2 Å². The van der Waals surface area contributed by atoms with Crippen LogP contribution in [0.4, 0.5) is 0 Å². The Morgan fingerprint density at radius 3 is 2.40 bits per heavy atom. The average Bonchev–Trinajstić information content (AvgIpc) is 1.82. The van der Waals surface area contributed by atoms with Gasteiger partial charge in [-0.2, -0.15) is 0 Å². The van der Waals surface area contributed by atoms with Crippen molar-refractivity contribution in [1.29, 1.82) is 0 Å². The largest absolute Gasteiger partial charge is 0.390 e. The zero-order valence-electron chi connectivity index (χ0n) is 6.32. The number of aliphatic hydroxyl groups is 2. The lowest BCUT2D eigenvalue weighted by Crippen LogP contribution is -2.45. The molecule has 1 fully saturated rings. The summed E-state index contributed by atoms with van der Waals surface area (Å²) in [5.41, 5.74) is 0. The smallest absolute Gasteiger partial charge is 0.106 e. The Morgan fingerprint density at radius 1 is 1.30 bits per heavy atom. The van der Waals surface area contributed by atoms with E-state index in [0.717, 1.165) is 0 Å². The fourth-order valence-corrected chi connectivity index (χ4v) is 1.29. The van der Waals surface area contributed by atoms with Gasteiger partial charge in [-0.15, -0.1) is 0 Å². The van der Waals surface area contributed by atoms with Crippen LogP contribution in [-0.2, 0) is 4.74 Å². The molecule has 0 radical (unpaired) electrons. The SMILES string of the molecule is C[C@@H]1C[C@H](O)[C@@H](O)[C@H](C)O1. The summed E-state index contributed by atoms with van der Waals surface area (Å²) in [6, 6.07) is 0. The summed E-state index contributed by atoms with van der Waals surface area (Å²) in [6.07, 6.45) is -0.965. The van der Waals surface area contributed by atoms with E-state index in [2.05, 4.69) is 0 Å². The Kier molecular flexibility index (Phi) is 2.28. The van der Waals surface area contributed by atoms with Crippen molar-refractivity contribution in [3.05, 3.63) is 0 Å². The van der Waals surface area contributed by atoms with E-state index >= 15 is 0 Å². The second-order valence-electron chi connectivity index (χ2n) is 2.95. The molecule has 3 heteroatoms. The van der Waals surface area contributed by atoms with Crippen molar-refractivity contribution in [2.45, 2.75) is 44.7 Å². The van der Waals surface area contributed by atoms with E-state index in [1.54, 1.807) is 6.92 Å². The van der Waals surface area contributed by atoms with Gasteiger partial charge in [-0.05, 0) is 13.8 Å². The van der Waals surface area contributed by atoms with E-state index in [1.807, 2.05) is 6.92 Å². The molecule has 10 heavy (non-hydrogen) atoms. The Labute approximate surface area is 60.6 Å². The monoisotopic (exact) mass is 146 g/mol. The van der Waals surface area contributed by atoms with Gasteiger partial charge in [-0.3, -0.25) is 0 Å². The lowest BCUT2D eigenvalue weighted by Gasteiger charge is -2.33. The van der Waals surface area contributed by atoms with Crippen molar-refractivity contribution in [1.82, 2.24) is 0 Å². The van der Waals surface area contributed by atoms with Gasteiger partial charge in [-0.25, -0.2) is 0 Å². The Balaban J connectivity index is 2.49. The molecule has 3 nitrogen and oxygen atoms in total. The van der Waals surface area contributed by atoms with E-state index in [0.29, 0.717) is 6.42 Å². The third-order valence-corrected chi connectivity index (χ3v) is 1.90. The maximum absolute atomic E-state index is 9.19. The molecule has 0 aromatic heterocycles. The molecule has 1 aliphatic rings. The topological polar surface area (TPSA) is 49.7 Å². The van der Waals surface area contributed by atoms with Crippen molar-refractivity contribution in [3.8, 4) is 0 Å². The fraction of sp³-hybridized carbons (Fsp3) is 1.00. The molecule has 0 unspecified atom stereocenters. The maximum atomic E-state index is 9.19. The molecule has 1 aliphatic heterocycles. The standard InChI is InChI=1S/C7H14O3/c1-4-3-6(8)7(9)5(2)10-4/h4-9H,3H2,1-2H3/t4-,5+,6+,7+/m1/s1. The van der Waals surface area contributed by atoms with Crippen LogP contribution in [0.3, 0.4) is 0 Å². The summed E-state index contributed by atoms with van der Waals surface area (Å²) in [5.74, 6) is 0. The van der Waals surface area contributed by atoms with Crippen LogP contribution in [0, 0.1) is 0 Å². The molecule has 0 bridgehead atoms. The maximum Gasteiger partial charge on any atom is 0.106 e. The Bertz CT molecular complexity index is 103. The fourth-order valence-electron chi connectivity index (χ4n) is 1.29. The third kappa shape index (κ3) is 1.48. The minimum atomic E-state index is -0.712. The zero-order valence-corrected chi connectivity index (χ0v) is 6.32. The zero-order chi connectivity index (χ0) is 7.72. The van der Waals surface area contributed by atoms with Crippen LogP contribution in [0.1, 0.15) is 20.3 Å². The summed E-state index contributed by atoms with van der Waals surface area (Å²) >= 11 is 0. The first-order valence-corrected chi connectivity index (χ1v) is 3.63. The van der Waals surface area contributed by atoms with Crippen molar-refractivity contribution in [2.24, 2.45) is 0 Å². The van der Waals surface area contributed by atoms with Crippen LogP contribution >= 0.6 is 0 Å². The van der Waals surface area contributed by atoms with Crippen molar-refractivity contribution in [3.63, 3.8) is 0 Å². The van der Waals surface area contributed by atoms with Gasteiger partial charge in [0.1, 0.15) is 6.10 Å². The summed E-state index contributed by atoms with van der Waals surface area (Å²) in [7, 11) is 0. The van der Waals surface area contributed by atoms with Crippen molar-refractivity contribution < 1.29 is 14.9 Å². The molecule has 1 saturated heterocycles. The van der Waals surface area contributed by atoms with E-state index in [1.165, 1.54) is 0 Å². The summed E-state index contributed by atoms with van der Waals surface area (Å²) in [4.78, 5) is 0. The van der Waals surface area contributed by atoms with Gasteiger partial charge in [0, 0.05) is 6.42 Å². The highest BCUT2D eigenvalue weighted by atomic mass is 16.5. The van der Waals surface area contributed by atoms with Crippen LogP contribution < -0.4 is 0 Å². The lowest BCUT2D eigenvalue weighted by atomic mass is 10.00. The molecular formula is C7H14O3. The van der Waals surface area contributed by atoms with E-state index < -0.39 is 12.2 Å². The van der Waals surface area contributed by atoms with Crippen molar-refractivity contribution in [2.75, 3.05) is 0 Å². The first kappa shape index (κ1) is 7.98. The number of aliphatic hydroxyl groups excluding tert-OH is 2. The highest BCUT2D eigenvalue weighted by Crippen LogP contribution is 2.19. The number of rotatable bonds is 0. The van der Waals surface area contributed by atoms with Crippen molar-refractivity contribution >= 4 is 0 Å². The van der Waals surface area contributed by atoms with Gasteiger partial charge >= 0.3 is 0 Å². The van der Waals surface area contributed by atoms with Crippen LogP contribution in [0.2, 0.25) is 0 Å². The summed E-state index contributed by atoms with van der Waals surface area (Å²) in [5, 5.41) is 18.4. The molecule has 0 spiro atoms. The molecule has 1 heterocycles. The average molecular weight is 146 g/mol. The number of hydrogen-bond donors (Lipinski definition) is 2. The van der Waals surface area contributed by atoms with Crippen LogP contribution in [0.15, 0.2) is 0 Å². The minimum Gasteiger partial charge on any atom is -0.390 e. The first-order valence-electron chi connectivity index (χ1n) is 3.63. The molecule has 60 valence electrons. The molecule has 1 rings (SSSR count). The van der Waals surface area contributed by atoms with Gasteiger partial charge in [0.05, 0.1) is 18.3 Å². The number of ether oxygens (including phenoxy) is 1. The third-order valence-electron chi connectivity index (χ3n) is 1.90. The normalized spacial score (nSPS) is 49.2. The molecule has 4 atom stereocenters. The molecule has 0 aromatic rings. The van der Waals surface area contributed by atoms with Gasteiger partial charge in [0.25, 0.3) is 0 Å².